The van der Waals surface area contributed by atoms with Gasteiger partial charge in [-0.2, -0.15) is 0 Å². The molecule has 0 bridgehead atoms. The number of rotatable bonds is 66. The number of amides is 1. The largest absolute Gasteiger partial charge is 0.394 e. The third kappa shape index (κ3) is 52.4. The Labute approximate surface area is 521 Å². The Morgan fingerprint density at radius 3 is 1.02 bits per heavy atom. The molecular formula is C75H143NO8. The number of carbonyl (C=O) groups excluding carboxylic acids is 1. The van der Waals surface area contributed by atoms with Gasteiger partial charge in [-0.1, -0.05) is 359 Å². The SMILES string of the molecule is CCCCCCC/C=C\C/C=C\CCCCCCCCCCCCCCCCCCCCCCCCCC(=O)NC(COC1OC(CO)C(O)C(O)C1O)C(O)/C=C/CCCCCCCCCCCCCCCCCCCCCCCCCC. The molecule has 9 heteroatoms. The number of unbranched alkanes of at least 4 members (excludes halogenated alkanes) is 52. The Bertz CT molecular complexity index is 1420. The number of nitrogens with one attached hydrogen (secondary N) is 1. The summed E-state index contributed by atoms with van der Waals surface area (Å²) in [5, 5.41) is 54.8. The van der Waals surface area contributed by atoms with Crippen molar-refractivity contribution in [3.63, 3.8) is 0 Å². The molecule has 0 aromatic heterocycles. The van der Waals surface area contributed by atoms with Crippen molar-refractivity contribution in [2.45, 2.75) is 423 Å². The van der Waals surface area contributed by atoms with E-state index >= 15 is 0 Å². The summed E-state index contributed by atoms with van der Waals surface area (Å²) in [6, 6.07) is -0.805. The van der Waals surface area contributed by atoms with Gasteiger partial charge in [0, 0.05) is 6.42 Å². The van der Waals surface area contributed by atoms with Crippen LogP contribution in [-0.4, -0.2) is 87.5 Å². The second kappa shape index (κ2) is 64.4. The van der Waals surface area contributed by atoms with Gasteiger partial charge in [0.2, 0.25) is 5.91 Å². The molecule has 1 aliphatic heterocycles. The third-order valence-corrected chi connectivity index (χ3v) is 18.0. The minimum absolute atomic E-state index is 0.168. The van der Waals surface area contributed by atoms with Gasteiger partial charge >= 0.3 is 0 Å². The normalized spacial score (nSPS) is 18.3. The number of aliphatic hydroxyl groups excluding tert-OH is 5. The first-order chi connectivity index (χ1) is 41.3. The third-order valence-electron chi connectivity index (χ3n) is 18.0. The number of ether oxygens (including phenoxy) is 2. The van der Waals surface area contributed by atoms with Crippen LogP contribution < -0.4 is 5.32 Å². The number of hydrogen-bond donors (Lipinski definition) is 6. The lowest BCUT2D eigenvalue weighted by molar-refractivity contribution is -0.302. The fourth-order valence-electron chi connectivity index (χ4n) is 12.1. The summed E-state index contributed by atoms with van der Waals surface area (Å²) in [4.78, 5) is 13.1. The molecule has 9 nitrogen and oxygen atoms in total. The summed E-state index contributed by atoms with van der Waals surface area (Å²) in [5.74, 6) is -0.168. The molecule has 0 radical (unpaired) electrons. The van der Waals surface area contributed by atoms with E-state index in [-0.39, 0.29) is 12.5 Å². The molecule has 7 unspecified atom stereocenters. The monoisotopic (exact) mass is 1190 g/mol. The molecule has 84 heavy (non-hydrogen) atoms. The predicted octanol–water partition coefficient (Wildman–Crippen LogP) is 20.6. The standard InChI is InChI=1S/C75H143NO8/c1-3-5-7-9-11-13-15-17-19-21-23-25-27-29-31-32-33-34-35-36-37-38-39-41-43-45-47-49-51-53-55-57-59-61-63-65-71(79)76-68(67-83-75-74(82)73(81)72(80)70(66-77)84-75)69(78)64-62-60-58-56-54-52-50-48-46-44-42-40-30-28-26-24-22-20-18-16-14-12-10-8-6-4-2/h15,17,21,23,62,64,68-70,72-75,77-78,80-82H,3-14,16,18-20,22,24-61,63,65-67H2,1-2H3,(H,76,79)/b17-15-,23-21-,64-62+. The van der Waals surface area contributed by atoms with Crippen molar-refractivity contribution >= 4 is 5.91 Å². The first-order valence-corrected chi connectivity index (χ1v) is 37.2. The summed E-state index contributed by atoms with van der Waals surface area (Å²) < 4.78 is 11.3. The quantitative estimate of drug-likeness (QED) is 0.0261. The van der Waals surface area contributed by atoms with Crippen LogP contribution in [-0.2, 0) is 14.3 Å². The molecule has 1 heterocycles. The van der Waals surface area contributed by atoms with Crippen LogP contribution >= 0.6 is 0 Å². The molecule has 0 spiro atoms. The van der Waals surface area contributed by atoms with E-state index in [1.54, 1.807) is 6.08 Å². The van der Waals surface area contributed by atoms with E-state index in [0.717, 1.165) is 44.9 Å². The minimum Gasteiger partial charge on any atom is -0.394 e. The maximum absolute atomic E-state index is 13.1. The summed E-state index contributed by atoms with van der Waals surface area (Å²) in [5.41, 5.74) is 0. The van der Waals surface area contributed by atoms with E-state index in [4.69, 9.17) is 9.47 Å². The molecular weight excluding hydrogens is 1040 g/mol. The number of aliphatic hydroxyl groups is 5. The summed E-state index contributed by atoms with van der Waals surface area (Å²) in [6.07, 6.45) is 79.8. The van der Waals surface area contributed by atoms with Gasteiger partial charge in [-0.3, -0.25) is 4.79 Å². The van der Waals surface area contributed by atoms with Crippen LogP contribution in [0.5, 0.6) is 0 Å². The van der Waals surface area contributed by atoms with Gasteiger partial charge in [0.25, 0.3) is 0 Å². The molecule has 0 aliphatic carbocycles. The lowest BCUT2D eigenvalue weighted by Gasteiger charge is -2.40. The highest BCUT2D eigenvalue weighted by Gasteiger charge is 2.44. The summed E-state index contributed by atoms with van der Waals surface area (Å²) >= 11 is 0. The van der Waals surface area contributed by atoms with Gasteiger partial charge in [0.15, 0.2) is 6.29 Å². The molecule has 496 valence electrons. The van der Waals surface area contributed by atoms with Crippen LogP contribution in [0.3, 0.4) is 0 Å². The van der Waals surface area contributed by atoms with Gasteiger partial charge in [0.05, 0.1) is 25.4 Å². The minimum atomic E-state index is -1.57. The molecule has 1 rings (SSSR count). The topological polar surface area (TPSA) is 149 Å². The molecule has 6 N–H and O–H groups in total. The highest BCUT2D eigenvalue weighted by Crippen LogP contribution is 2.24. The highest BCUT2D eigenvalue weighted by molar-refractivity contribution is 5.76. The Morgan fingerprint density at radius 2 is 0.702 bits per heavy atom. The summed E-state index contributed by atoms with van der Waals surface area (Å²) in [6.45, 7) is 3.83. The van der Waals surface area contributed by atoms with Crippen molar-refractivity contribution < 1.29 is 39.8 Å². The second-order valence-corrected chi connectivity index (χ2v) is 26.1. The van der Waals surface area contributed by atoms with Crippen LogP contribution in [0, 0.1) is 0 Å². The molecule has 1 saturated heterocycles. The fourth-order valence-corrected chi connectivity index (χ4v) is 12.1. The lowest BCUT2D eigenvalue weighted by atomic mass is 9.99. The average Bonchev–Trinajstić information content (AvgIpc) is 3.70. The first kappa shape index (κ1) is 80.4. The maximum atomic E-state index is 13.1. The highest BCUT2D eigenvalue weighted by atomic mass is 16.7. The van der Waals surface area contributed by atoms with Crippen molar-refractivity contribution in [3.05, 3.63) is 36.5 Å². The van der Waals surface area contributed by atoms with Crippen LogP contribution in [0.2, 0.25) is 0 Å². The smallest absolute Gasteiger partial charge is 0.220 e. The van der Waals surface area contributed by atoms with Crippen molar-refractivity contribution in [2.24, 2.45) is 0 Å². The van der Waals surface area contributed by atoms with E-state index in [1.165, 1.54) is 315 Å². The van der Waals surface area contributed by atoms with Crippen LogP contribution in [0.1, 0.15) is 380 Å². The van der Waals surface area contributed by atoms with Gasteiger partial charge in [0.1, 0.15) is 24.4 Å². The van der Waals surface area contributed by atoms with Gasteiger partial charge in [-0.05, 0) is 51.4 Å². The molecule has 0 aromatic carbocycles. The fraction of sp³-hybridized carbons (Fsp3) is 0.907. The lowest BCUT2D eigenvalue weighted by Crippen LogP contribution is -2.60. The molecule has 0 saturated carbocycles. The predicted molar refractivity (Wildman–Crippen MR) is 360 cm³/mol. The van der Waals surface area contributed by atoms with Crippen molar-refractivity contribution in [3.8, 4) is 0 Å². The average molecular weight is 1190 g/mol. The summed E-state index contributed by atoms with van der Waals surface area (Å²) in [7, 11) is 0. The maximum Gasteiger partial charge on any atom is 0.220 e. The molecule has 7 atom stereocenters. The molecule has 0 aromatic rings. The van der Waals surface area contributed by atoms with Crippen molar-refractivity contribution in [2.75, 3.05) is 13.2 Å². The Kier molecular flexibility index (Phi) is 61.7. The van der Waals surface area contributed by atoms with E-state index in [2.05, 4.69) is 43.5 Å². The van der Waals surface area contributed by atoms with Gasteiger partial charge in [-0.25, -0.2) is 0 Å². The van der Waals surface area contributed by atoms with Crippen molar-refractivity contribution in [1.29, 1.82) is 0 Å². The molecule has 1 aliphatic rings. The van der Waals surface area contributed by atoms with E-state index in [0.29, 0.717) is 6.42 Å². The Morgan fingerprint density at radius 1 is 0.405 bits per heavy atom. The first-order valence-electron chi connectivity index (χ1n) is 37.2. The van der Waals surface area contributed by atoms with Crippen molar-refractivity contribution in [1.82, 2.24) is 5.32 Å². The number of hydrogen-bond acceptors (Lipinski definition) is 8. The molecule has 1 amide bonds. The van der Waals surface area contributed by atoms with E-state index < -0.39 is 49.5 Å². The molecule has 1 fully saturated rings. The van der Waals surface area contributed by atoms with E-state index in [9.17, 15) is 30.3 Å². The second-order valence-electron chi connectivity index (χ2n) is 26.1. The number of allylic oxidation sites excluding steroid dienone is 5. The Balaban J connectivity index is 2.08. The van der Waals surface area contributed by atoms with Gasteiger partial charge < -0.3 is 40.3 Å². The van der Waals surface area contributed by atoms with E-state index in [1.807, 2.05) is 6.08 Å². The zero-order valence-electron chi connectivity index (χ0n) is 55.7. The Hall–Kier alpha value is -1.59. The zero-order valence-corrected chi connectivity index (χ0v) is 55.7. The number of carbonyl (C=O) groups is 1. The van der Waals surface area contributed by atoms with Crippen LogP contribution in [0.25, 0.3) is 0 Å². The van der Waals surface area contributed by atoms with Crippen LogP contribution in [0.15, 0.2) is 36.5 Å². The van der Waals surface area contributed by atoms with Gasteiger partial charge in [-0.15, -0.1) is 0 Å². The van der Waals surface area contributed by atoms with Crippen LogP contribution in [0.4, 0.5) is 0 Å². The zero-order chi connectivity index (χ0) is 60.7.